The average Bonchev–Trinajstić information content (AvgIpc) is 2.48. The fraction of sp³-hybridized carbons (Fsp3) is 0.467. The number of thiocarbonyl (C=S) groups is 1. The number of fused-ring (bicyclic) bond motifs is 3. The summed E-state index contributed by atoms with van der Waals surface area (Å²) in [4.78, 5) is 2.48. The maximum absolute atomic E-state index is 9.37. The minimum absolute atomic E-state index is 0.229. The van der Waals surface area contributed by atoms with Gasteiger partial charge in [-0.1, -0.05) is 12.1 Å². The summed E-state index contributed by atoms with van der Waals surface area (Å²) in [5, 5.41) is 17.4. The minimum Gasteiger partial charge on any atom is -0.508 e. The summed E-state index contributed by atoms with van der Waals surface area (Å²) in [6, 6.07) is 7.36. The maximum Gasteiger partial charge on any atom is 0.187 e. The number of hydrogen-bond acceptors (Lipinski definition) is 4. The van der Waals surface area contributed by atoms with E-state index in [0.717, 1.165) is 18.0 Å². The second kappa shape index (κ2) is 6.41. The van der Waals surface area contributed by atoms with Crippen molar-refractivity contribution in [3.8, 4) is 5.75 Å². The molecule has 3 aliphatic rings. The van der Waals surface area contributed by atoms with Crippen molar-refractivity contribution in [2.24, 2.45) is 11.0 Å². The van der Waals surface area contributed by atoms with E-state index < -0.39 is 0 Å². The van der Waals surface area contributed by atoms with E-state index in [1.54, 1.807) is 24.4 Å². The van der Waals surface area contributed by atoms with Gasteiger partial charge in [0.05, 0.1) is 6.21 Å². The molecule has 4 rings (SSSR count). The van der Waals surface area contributed by atoms with E-state index in [-0.39, 0.29) is 5.75 Å². The lowest BCUT2D eigenvalue weighted by molar-refractivity contribution is 0.0812. The van der Waals surface area contributed by atoms with E-state index >= 15 is 0 Å². The molecular formula is C15H20N4OS. The molecule has 0 aliphatic carbocycles. The van der Waals surface area contributed by atoms with Crippen LogP contribution in [0.5, 0.6) is 5.75 Å². The Bertz CT molecular complexity index is 540. The van der Waals surface area contributed by atoms with Crippen LogP contribution in [-0.4, -0.2) is 47.0 Å². The molecule has 3 heterocycles. The number of hydrogen-bond donors (Lipinski definition) is 3. The third-order valence-electron chi connectivity index (χ3n) is 4.22. The molecule has 1 aromatic rings. The van der Waals surface area contributed by atoms with Crippen LogP contribution in [0.25, 0.3) is 0 Å². The molecule has 0 radical (unpaired) electrons. The molecule has 3 N–H and O–H groups in total. The largest absolute Gasteiger partial charge is 0.508 e. The zero-order valence-corrected chi connectivity index (χ0v) is 12.6. The average molecular weight is 304 g/mol. The number of piperidine rings is 3. The molecule has 1 atom stereocenters. The van der Waals surface area contributed by atoms with Crippen LogP contribution >= 0.6 is 12.2 Å². The lowest BCUT2D eigenvalue weighted by Gasteiger charge is -2.45. The fourth-order valence-electron chi connectivity index (χ4n) is 3.10. The standard InChI is InChI=1S/C15H20N4OS/c20-13-3-1-2-11(8-13)9-16-18-15(21)17-14-10-19-6-4-12(14)5-7-19/h1-3,8-9,12,14,20H,4-7,10H2,(H2,17,18,21)/b16-9+. The van der Waals surface area contributed by atoms with E-state index in [4.69, 9.17) is 12.2 Å². The number of phenolic OH excluding ortho intramolecular Hbond substituents is 1. The van der Waals surface area contributed by atoms with Crippen LogP contribution < -0.4 is 10.7 Å². The number of nitrogens with zero attached hydrogens (tertiary/aromatic N) is 2. The topological polar surface area (TPSA) is 59.9 Å². The molecule has 1 unspecified atom stereocenters. The van der Waals surface area contributed by atoms with Gasteiger partial charge in [-0.15, -0.1) is 0 Å². The van der Waals surface area contributed by atoms with E-state index in [2.05, 4.69) is 20.7 Å². The van der Waals surface area contributed by atoms with Crippen LogP contribution in [0.2, 0.25) is 0 Å². The van der Waals surface area contributed by atoms with Crippen molar-refractivity contribution in [3.05, 3.63) is 29.8 Å². The molecule has 5 nitrogen and oxygen atoms in total. The zero-order valence-electron chi connectivity index (χ0n) is 11.8. The molecule has 0 amide bonds. The Balaban J connectivity index is 1.48. The SMILES string of the molecule is Oc1cccc(/C=N/NC(=S)NC2CN3CCC2CC3)c1. The summed E-state index contributed by atoms with van der Waals surface area (Å²) in [6.45, 7) is 3.51. The molecule has 1 aromatic carbocycles. The molecule has 0 aromatic heterocycles. The van der Waals surface area contributed by atoms with Gasteiger partial charge in [0.25, 0.3) is 0 Å². The first kappa shape index (κ1) is 14.3. The predicted molar refractivity (Wildman–Crippen MR) is 87.5 cm³/mol. The summed E-state index contributed by atoms with van der Waals surface area (Å²) >= 11 is 5.29. The molecule has 21 heavy (non-hydrogen) atoms. The maximum atomic E-state index is 9.37. The smallest absolute Gasteiger partial charge is 0.187 e. The number of nitrogens with one attached hydrogen (secondary N) is 2. The van der Waals surface area contributed by atoms with Gasteiger partial charge in [-0.3, -0.25) is 5.43 Å². The Morgan fingerprint density at radius 1 is 1.38 bits per heavy atom. The van der Waals surface area contributed by atoms with Crippen molar-refractivity contribution < 1.29 is 5.11 Å². The van der Waals surface area contributed by atoms with Gasteiger partial charge < -0.3 is 15.3 Å². The molecule has 6 heteroatoms. The molecule has 3 fully saturated rings. The third kappa shape index (κ3) is 3.71. The van der Waals surface area contributed by atoms with Crippen molar-refractivity contribution in [3.63, 3.8) is 0 Å². The van der Waals surface area contributed by atoms with Gasteiger partial charge in [0, 0.05) is 12.6 Å². The quantitative estimate of drug-likeness (QED) is 0.446. The first-order valence-corrected chi connectivity index (χ1v) is 7.72. The summed E-state index contributed by atoms with van der Waals surface area (Å²) < 4.78 is 0. The van der Waals surface area contributed by atoms with E-state index in [1.165, 1.54) is 25.9 Å². The van der Waals surface area contributed by atoms with Gasteiger partial charge in [0.2, 0.25) is 0 Å². The van der Waals surface area contributed by atoms with Gasteiger partial charge >= 0.3 is 0 Å². The van der Waals surface area contributed by atoms with Crippen LogP contribution in [0.4, 0.5) is 0 Å². The number of aromatic hydroxyl groups is 1. The lowest BCUT2D eigenvalue weighted by atomic mass is 9.84. The molecule has 0 saturated carbocycles. The van der Waals surface area contributed by atoms with Gasteiger partial charge in [0.1, 0.15) is 5.75 Å². The number of benzene rings is 1. The van der Waals surface area contributed by atoms with Gasteiger partial charge in [-0.05, 0) is 61.8 Å². The minimum atomic E-state index is 0.229. The predicted octanol–water partition coefficient (Wildman–Crippen LogP) is 1.28. The van der Waals surface area contributed by atoms with E-state index in [9.17, 15) is 5.11 Å². The van der Waals surface area contributed by atoms with Crippen molar-refractivity contribution in [2.45, 2.75) is 18.9 Å². The van der Waals surface area contributed by atoms with E-state index in [0.29, 0.717) is 11.2 Å². The highest BCUT2D eigenvalue weighted by atomic mass is 32.1. The monoisotopic (exact) mass is 304 g/mol. The Labute approximate surface area is 130 Å². The first-order chi connectivity index (χ1) is 10.2. The Morgan fingerprint density at radius 3 is 2.86 bits per heavy atom. The van der Waals surface area contributed by atoms with Gasteiger partial charge in [-0.25, -0.2) is 0 Å². The highest BCUT2D eigenvalue weighted by molar-refractivity contribution is 7.80. The van der Waals surface area contributed by atoms with Crippen LogP contribution in [0.15, 0.2) is 29.4 Å². The normalized spacial score (nSPS) is 27.7. The number of phenols is 1. The Hall–Kier alpha value is -1.66. The Kier molecular flexibility index (Phi) is 4.36. The highest BCUT2D eigenvalue weighted by Crippen LogP contribution is 2.27. The lowest BCUT2D eigenvalue weighted by Crippen LogP contribution is -2.58. The van der Waals surface area contributed by atoms with Crippen molar-refractivity contribution in [1.82, 2.24) is 15.6 Å². The molecule has 2 bridgehead atoms. The van der Waals surface area contributed by atoms with Crippen molar-refractivity contribution >= 4 is 23.5 Å². The molecule has 112 valence electrons. The van der Waals surface area contributed by atoms with Gasteiger partial charge in [-0.2, -0.15) is 5.10 Å². The fourth-order valence-corrected chi connectivity index (χ4v) is 3.30. The van der Waals surface area contributed by atoms with Crippen molar-refractivity contribution in [1.29, 1.82) is 0 Å². The van der Waals surface area contributed by atoms with Crippen LogP contribution in [0, 0.1) is 5.92 Å². The van der Waals surface area contributed by atoms with Crippen LogP contribution in [0.3, 0.4) is 0 Å². The summed E-state index contributed by atoms with van der Waals surface area (Å²) in [6.07, 6.45) is 4.16. The first-order valence-electron chi connectivity index (χ1n) is 7.32. The zero-order chi connectivity index (χ0) is 14.7. The highest BCUT2D eigenvalue weighted by Gasteiger charge is 2.34. The molecule has 3 saturated heterocycles. The van der Waals surface area contributed by atoms with Crippen LogP contribution in [-0.2, 0) is 0 Å². The summed E-state index contributed by atoms with van der Waals surface area (Å²) in [5.74, 6) is 0.955. The second-order valence-electron chi connectivity index (χ2n) is 5.68. The molecular weight excluding hydrogens is 284 g/mol. The molecule has 3 aliphatic heterocycles. The van der Waals surface area contributed by atoms with E-state index in [1.807, 2.05) is 6.07 Å². The van der Waals surface area contributed by atoms with Crippen LogP contribution in [0.1, 0.15) is 18.4 Å². The second-order valence-corrected chi connectivity index (χ2v) is 6.09. The molecule has 0 spiro atoms. The van der Waals surface area contributed by atoms with Gasteiger partial charge in [0.15, 0.2) is 5.11 Å². The van der Waals surface area contributed by atoms with Crippen molar-refractivity contribution in [2.75, 3.05) is 19.6 Å². The summed E-state index contributed by atoms with van der Waals surface area (Å²) in [5.41, 5.74) is 3.67. The Morgan fingerprint density at radius 2 is 2.19 bits per heavy atom. The third-order valence-corrected chi connectivity index (χ3v) is 4.43. The number of rotatable bonds is 3. The summed E-state index contributed by atoms with van der Waals surface area (Å²) in [7, 11) is 0. The number of hydrazone groups is 1.